The summed E-state index contributed by atoms with van der Waals surface area (Å²) in [5.74, 6) is 0. The van der Waals surface area contributed by atoms with E-state index < -0.39 is 0 Å². The first-order valence-electron chi connectivity index (χ1n) is 7.77. The maximum absolute atomic E-state index is 4.81. The Morgan fingerprint density at radius 3 is 2.53 bits per heavy atom. The molecule has 106 valence electrons. The Kier molecular flexibility index (Phi) is 4.38. The third-order valence-corrected chi connectivity index (χ3v) is 5.35. The first kappa shape index (κ1) is 13.4. The second-order valence-corrected chi connectivity index (χ2v) is 6.98. The molecule has 2 heterocycles. The van der Waals surface area contributed by atoms with Crippen molar-refractivity contribution < 1.29 is 0 Å². The van der Waals surface area contributed by atoms with Crippen LogP contribution in [0.2, 0.25) is 0 Å². The van der Waals surface area contributed by atoms with Crippen molar-refractivity contribution in [2.75, 3.05) is 18.0 Å². The molecule has 0 bridgehead atoms. The standard InChI is InChI=1S/C15H25N3S/c1-12-14(11-16-13-7-8-13)19-15(17-12)18-9-5-3-2-4-6-10-18/h13,16H,2-11H2,1H3. The van der Waals surface area contributed by atoms with E-state index in [4.69, 9.17) is 4.98 Å². The third-order valence-electron chi connectivity index (χ3n) is 4.14. The molecule has 1 saturated carbocycles. The molecule has 1 aliphatic heterocycles. The molecule has 0 amide bonds. The van der Waals surface area contributed by atoms with Crippen molar-refractivity contribution >= 4 is 16.5 Å². The predicted octanol–water partition coefficient (Wildman–Crippen LogP) is 3.47. The molecular formula is C15H25N3S. The van der Waals surface area contributed by atoms with E-state index in [-0.39, 0.29) is 0 Å². The van der Waals surface area contributed by atoms with Crippen LogP contribution < -0.4 is 10.2 Å². The first-order chi connectivity index (χ1) is 9.33. The van der Waals surface area contributed by atoms with Crippen LogP contribution in [0.3, 0.4) is 0 Å². The molecule has 0 unspecified atom stereocenters. The highest BCUT2D eigenvalue weighted by Gasteiger charge is 2.21. The minimum absolute atomic E-state index is 0.784. The minimum Gasteiger partial charge on any atom is -0.348 e. The number of aromatic nitrogens is 1. The van der Waals surface area contributed by atoms with E-state index >= 15 is 0 Å². The molecule has 0 aromatic carbocycles. The van der Waals surface area contributed by atoms with Crippen molar-refractivity contribution in [3.05, 3.63) is 10.6 Å². The number of rotatable bonds is 4. The van der Waals surface area contributed by atoms with Crippen LogP contribution in [0.15, 0.2) is 0 Å². The van der Waals surface area contributed by atoms with Crippen LogP contribution in [0.1, 0.15) is 55.5 Å². The van der Waals surface area contributed by atoms with Crippen LogP contribution in [0, 0.1) is 6.92 Å². The fourth-order valence-electron chi connectivity index (χ4n) is 2.68. The number of anilines is 1. The van der Waals surface area contributed by atoms with Gasteiger partial charge in [-0.25, -0.2) is 4.98 Å². The van der Waals surface area contributed by atoms with Gasteiger partial charge in [-0.15, -0.1) is 11.3 Å². The molecule has 4 heteroatoms. The highest BCUT2D eigenvalue weighted by atomic mass is 32.1. The molecule has 0 atom stereocenters. The molecular weight excluding hydrogens is 254 g/mol. The van der Waals surface area contributed by atoms with Gasteiger partial charge in [0.2, 0.25) is 0 Å². The quantitative estimate of drug-likeness (QED) is 0.914. The number of thiazole rings is 1. The van der Waals surface area contributed by atoms with E-state index in [2.05, 4.69) is 17.1 Å². The summed E-state index contributed by atoms with van der Waals surface area (Å²) in [4.78, 5) is 8.75. The molecule has 3 nitrogen and oxygen atoms in total. The Bertz CT molecular complexity index is 404. The van der Waals surface area contributed by atoms with Crippen molar-refractivity contribution in [1.29, 1.82) is 0 Å². The topological polar surface area (TPSA) is 28.2 Å². The first-order valence-corrected chi connectivity index (χ1v) is 8.59. The van der Waals surface area contributed by atoms with E-state index in [0.29, 0.717) is 0 Å². The van der Waals surface area contributed by atoms with Crippen molar-refractivity contribution in [2.24, 2.45) is 0 Å². The van der Waals surface area contributed by atoms with E-state index in [1.54, 1.807) is 0 Å². The van der Waals surface area contributed by atoms with Gasteiger partial charge in [0.1, 0.15) is 0 Å². The molecule has 1 N–H and O–H groups in total. The van der Waals surface area contributed by atoms with E-state index in [1.165, 1.54) is 73.7 Å². The average molecular weight is 279 g/mol. The lowest BCUT2D eigenvalue weighted by Crippen LogP contribution is -2.26. The Morgan fingerprint density at radius 2 is 1.84 bits per heavy atom. The number of nitrogens with zero attached hydrogens (tertiary/aromatic N) is 2. The van der Waals surface area contributed by atoms with Crippen LogP contribution in [0.4, 0.5) is 5.13 Å². The van der Waals surface area contributed by atoms with Gasteiger partial charge < -0.3 is 10.2 Å². The Balaban J connectivity index is 1.63. The lowest BCUT2D eigenvalue weighted by molar-refractivity contribution is 0.556. The SMILES string of the molecule is Cc1nc(N2CCCCCCC2)sc1CNC1CC1. The van der Waals surface area contributed by atoms with Gasteiger partial charge in [0.25, 0.3) is 0 Å². The minimum atomic E-state index is 0.784. The summed E-state index contributed by atoms with van der Waals surface area (Å²) < 4.78 is 0. The number of hydrogen-bond donors (Lipinski definition) is 1. The highest BCUT2D eigenvalue weighted by Crippen LogP contribution is 2.28. The Hall–Kier alpha value is -0.610. The predicted molar refractivity (Wildman–Crippen MR) is 82.0 cm³/mol. The third kappa shape index (κ3) is 3.69. The zero-order chi connectivity index (χ0) is 13.1. The molecule has 1 saturated heterocycles. The number of hydrogen-bond acceptors (Lipinski definition) is 4. The smallest absolute Gasteiger partial charge is 0.185 e. The van der Waals surface area contributed by atoms with Crippen molar-refractivity contribution in [3.63, 3.8) is 0 Å². The molecule has 0 radical (unpaired) electrons. The summed E-state index contributed by atoms with van der Waals surface area (Å²) in [6.07, 6.45) is 9.56. The van der Waals surface area contributed by atoms with Crippen molar-refractivity contribution in [3.8, 4) is 0 Å². The molecule has 2 fully saturated rings. The van der Waals surface area contributed by atoms with Gasteiger partial charge in [-0.05, 0) is 32.6 Å². The summed E-state index contributed by atoms with van der Waals surface area (Å²) in [7, 11) is 0. The number of aryl methyl sites for hydroxylation is 1. The van der Waals surface area contributed by atoms with Crippen LogP contribution in [0.25, 0.3) is 0 Å². The van der Waals surface area contributed by atoms with Gasteiger partial charge in [-0.2, -0.15) is 0 Å². The van der Waals surface area contributed by atoms with Gasteiger partial charge in [0, 0.05) is 30.6 Å². The monoisotopic (exact) mass is 279 g/mol. The lowest BCUT2D eigenvalue weighted by atomic mass is 10.1. The van der Waals surface area contributed by atoms with Crippen molar-refractivity contribution in [1.82, 2.24) is 10.3 Å². The van der Waals surface area contributed by atoms with Crippen LogP contribution >= 0.6 is 11.3 Å². The summed E-state index contributed by atoms with van der Waals surface area (Å²) in [5.41, 5.74) is 1.23. The van der Waals surface area contributed by atoms with Gasteiger partial charge in [0.15, 0.2) is 5.13 Å². The summed E-state index contributed by atoms with van der Waals surface area (Å²) in [6, 6.07) is 0.784. The molecule has 1 aliphatic carbocycles. The highest BCUT2D eigenvalue weighted by molar-refractivity contribution is 7.15. The fraction of sp³-hybridized carbons (Fsp3) is 0.800. The van der Waals surface area contributed by atoms with E-state index in [9.17, 15) is 0 Å². The zero-order valence-electron chi connectivity index (χ0n) is 12.0. The second kappa shape index (κ2) is 6.23. The molecule has 19 heavy (non-hydrogen) atoms. The molecule has 1 aromatic heterocycles. The maximum Gasteiger partial charge on any atom is 0.185 e. The van der Waals surface area contributed by atoms with Gasteiger partial charge in [0.05, 0.1) is 5.69 Å². The summed E-state index contributed by atoms with van der Waals surface area (Å²) in [6.45, 7) is 5.57. The number of nitrogens with one attached hydrogen (secondary N) is 1. The van der Waals surface area contributed by atoms with Gasteiger partial charge in [-0.3, -0.25) is 0 Å². The normalized spacial score (nSPS) is 21.2. The van der Waals surface area contributed by atoms with Crippen LogP contribution in [0.5, 0.6) is 0 Å². The summed E-state index contributed by atoms with van der Waals surface area (Å²) in [5, 5.41) is 4.86. The van der Waals surface area contributed by atoms with Crippen LogP contribution in [-0.4, -0.2) is 24.1 Å². The second-order valence-electron chi connectivity index (χ2n) is 5.92. The van der Waals surface area contributed by atoms with Crippen LogP contribution in [-0.2, 0) is 6.54 Å². The maximum atomic E-state index is 4.81. The molecule has 1 aromatic rings. The van der Waals surface area contributed by atoms with Crippen molar-refractivity contribution in [2.45, 2.75) is 64.5 Å². The molecule has 0 spiro atoms. The zero-order valence-corrected chi connectivity index (χ0v) is 12.8. The summed E-state index contributed by atoms with van der Waals surface area (Å²) >= 11 is 1.90. The molecule has 3 rings (SSSR count). The fourth-order valence-corrected chi connectivity index (χ4v) is 3.74. The Labute approximate surface area is 120 Å². The van der Waals surface area contributed by atoms with Gasteiger partial charge >= 0.3 is 0 Å². The average Bonchev–Trinajstić information content (AvgIpc) is 3.11. The Morgan fingerprint density at radius 1 is 1.16 bits per heavy atom. The molecule has 2 aliphatic rings. The lowest BCUT2D eigenvalue weighted by Gasteiger charge is -2.23. The largest absolute Gasteiger partial charge is 0.348 e. The van der Waals surface area contributed by atoms with Gasteiger partial charge in [-0.1, -0.05) is 19.3 Å². The van der Waals surface area contributed by atoms with E-state index in [1.807, 2.05) is 11.3 Å². The van der Waals surface area contributed by atoms with E-state index in [0.717, 1.165) is 12.6 Å².